The molecule has 0 unspecified atom stereocenters. The van der Waals surface area contributed by atoms with E-state index in [9.17, 15) is 0 Å². The first-order chi connectivity index (χ1) is 15.0. The topological polar surface area (TPSA) is 76.3 Å². The predicted molar refractivity (Wildman–Crippen MR) is 126 cm³/mol. The molecule has 0 fully saturated rings. The van der Waals surface area contributed by atoms with E-state index in [1.165, 1.54) is 6.33 Å². The van der Waals surface area contributed by atoms with Crippen molar-refractivity contribution in [2.24, 2.45) is 0 Å². The summed E-state index contributed by atoms with van der Waals surface area (Å²) in [5, 5.41) is 2.62. The van der Waals surface area contributed by atoms with Gasteiger partial charge < -0.3 is 10.5 Å². The monoisotopic (exact) mass is 431 g/mol. The molecule has 3 N–H and O–H groups in total. The van der Waals surface area contributed by atoms with Gasteiger partial charge in [0.25, 0.3) is 0 Å². The average Bonchev–Trinajstić information content (AvgIpc) is 2.79. The standard InChI is InChI=1S/C24H22ClN5O/c1-16-13-20(14-17(2)21(16)25)31-24-22(26)23(27-15-28-24)29-30(18-9-5-3-6-10-18)19-11-7-4-8-12-19/h3-15H,26H2,1-2H3,(H,27,28,29). The number of anilines is 4. The molecule has 1 aromatic heterocycles. The SMILES string of the molecule is Cc1cc(Oc2ncnc(NN(c3ccccc3)c3ccccc3)c2N)cc(C)c1Cl. The number of aryl methyl sites for hydroxylation is 2. The fourth-order valence-corrected chi connectivity index (χ4v) is 3.27. The Morgan fingerprint density at radius 3 is 1.97 bits per heavy atom. The van der Waals surface area contributed by atoms with Crippen LogP contribution < -0.4 is 20.9 Å². The van der Waals surface area contributed by atoms with Crippen molar-refractivity contribution < 1.29 is 4.74 Å². The fraction of sp³-hybridized carbons (Fsp3) is 0.0833. The molecule has 156 valence electrons. The maximum Gasteiger partial charge on any atom is 0.248 e. The van der Waals surface area contributed by atoms with Crippen molar-refractivity contribution in [3.05, 3.63) is 95.3 Å². The largest absolute Gasteiger partial charge is 0.437 e. The summed E-state index contributed by atoms with van der Waals surface area (Å²) < 4.78 is 5.97. The number of ether oxygens (including phenoxy) is 1. The first-order valence-corrected chi connectivity index (χ1v) is 10.1. The lowest BCUT2D eigenvalue weighted by Crippen LogP contribution is -2.25. The van der Waals surface area contributed by atoms with E-state index in [-0.39, 0.29) is 5.88 Å². The Bertz CT molecular complexity index is 1120. The molecule has 0 atom stereocenters. The third kappa shape index (κ3) is 4.54. The quantitative estimate of drug-likeness (QED) is 0.349. The molecule has 0 amide bonds. The molecule has 0 bridgehead atoms. The Balaban J connectivity index is 1.67. The first-order valence-electron chi connectivity index (χ1n) is 9.75. The van der Waals surface area contributed by atoms with Crippen molar-refractivity contribution in [3.63, 3.8) is 0 Å². The van der Waals surface area contributed by atoms with Crippen LogP contribution in [0.5, 0.6) is 11.6 Å². The van der Waals surface area contributed by atoms with Gasteiger partial charge >= 0.3 is 0 Å². The molecule has 0 aliphatic rings. The molecular weight excluding hydrogens is 410 g/mol. The van der Waals surface area contributed by atoms with Gasteiger partial charge in [-0.25, -0.2) is 4.98 Å². The smallest absolute Gasteiger partial charge is 0.248 e. The molecule has 3 aromatic carbocycles. The highest BCUT2D eigenvalue weighted by Crippen LogP contribution is 2.34. The van der Waals surface area contributed by atoms with Crippen molar-refractivity contribution in [2.75, 3.05) is 16.2 Å². The summed E-state index contributed by atoms with van der Waals surface area (Å²) in [5.41, 5.74) is 13.7. The zero-order valence-corrected chi connectivity index (χ0v) is 18.0. The second-order valence-electron chi connectivity index (χ2n) is 7.03. The van der Waals surface area contributed by atoms with Crippen LogP contribution in [0.15, 0.2) is 79.1 Å². The van der Waals surface area contributed by atoms with Crippen molar-refractivity contribution >= 4 is 34.5 Å². The van der Waals surface area contributed by atoms with Gasteiger partial charge in [-0.3, -0.25) is 10.4 Å². The van der Waals surface area contributed by atoms with Crippen LogP contribution in [-0.4, -0.2) is 9.97 Å². The summed E-state index contributed by atoms with van der Waals surface area (Å²) in [6, 6.07) is 23.5. The average molecular weight is 432 g/mol. The van der Waals surface area contributed by atoms with Gasteiger partial charge in [0.15, 0.2) is 5.82 Å². The lowest BCUT2D eigenvalue weighted by atomic mass is 10.1. The van der Waals surface area contributed by atoms with Crippen molar-refractivity contribution in [3.8, 4) is 11.6 Å². The molecule has 7 heteroatoms. The van der Waals surface area contributed by atoms with E-state index in [4.69, 9.17) is 22.1 Å². The van der Waals surface area contributed by atoms with Crippen LogP contribution >= 0.6 is 11.6 Å². The van der Waals surface area contributed by atoms with Crippen LogP contribution in [0, 0.1) is 13.8 Å². The second kappa shape index (κ2) is 8.93. The lowest BCUT2D eigenvalue weighted by molar-refractivity contribution is 0.464. The number of rotatable bonds is 6. The highest BCUT2D eigenvalue weighted by atomic mass is 35.5. The van der Waals surface area contributed by atoms with E-state index in [2.05, 4.69) is 15.4 Å². The molecular formula is C24H22ClN5O. The van der Waals surface area contributed by atoms with Crippen LogP contribution in [0.2, 0.25) is 5.02 Å². The molecule has 31 heavy (non-hydrogen) atoms. The van der Waals surface area contributed by atoms with E-state index in [0.29, 0.717) is 22.3 Å². The Kier molecular flexibility index (Phi) is 5.91. The third-order valence-electron chi connectivity index (χ3n) is 4.72. The van der Waals surface area contributed by atoms with Gasteiger partial charge in [0.2, 0.25) is 5.88 Å². The minimum Gasteiger partial charge on any atom is -0.437 e. The van der Waals surface area contributed by atoms with Crippen LogP contribution in [0.4, 0.5) is 22.9 Å². The van der Waals surface area contributed by atoms with Crippen LogP contribution in [0.25, 0.3) is 0 Å². The lowest BCUT2D eigenvalue weighted by Gasteiger charge is -2.26. The molecule has 0 saturated carbocycles. The summed E-state index contributed by atoms with van der Waals surface area (Å²) >= 11 is 6.26. The van der Waals surface area contributed by atoms with Gasteiger partial charge in [0, 0.05) is 5.02 Å². The van der Waals surface area contributed by atoms with Gasteiger partial charge in [-0.1, -0.05) is 48.0 Å². The molecule has 1 heterocycles. The number of nitrogens with two attached hydrogens (primary N) is 1. The van der Waals surface area contributed by atoms with Crippen LogP contribution in [-0.2, 0) is 0 Å². The zero-order chi connectivity index (χ0) is 21.8. The van der Waals surface area contributed by atoms with Gasteiger partial charge in [-0.2, -0.15) is 4.98 Å². The number of hydrogen-bond donors (Lipinski definition) is 2. The molecule has 0 aliphatic carbocycles. The highest BCUT2D eigenvalue weighted by Gasteiger charge is 2.16. The van der Waals surface area contributed by atoms with Crippen LogP contribution in [0.1, 0.15) is 11.1 Å². The van der Waals surface area contributed by atoms with Crippen molar-refractivity contribution in [1.82, 2.24) is 9.97 Å². The fourth-order valence-electron chi connectivity index (χ4n) is 3.16. The number of para-hydroxylation sites is 2. The maximum absolute atomic E-state index is 6.38. The molecule has 0 saturated heterocycles. The van der Waals surface area contributed by atoms with Crippen LogP contribution in [0.3, 0.4) is 0 Å². The molecule has 4 aromatic rings. The summed E-state index contributed by atoms with van der Waals surface area (Å²) in [4.78, 5) is 8.55. The third-order valence-corrected chi connectivity index (χ3v) is 5.31. The Morgan fingerprint density at radius 2 is 1.42 bits per heavy atom. The minimum absolute atomic E-state index is 0.264. The first kappa shape index (κ1) is 20.5. The van der Waals surface area contributed by atoms with Gasteiger partial charge in [-0.05, 0) is 61.4 Å². The Hall–Kier alpha value is -3.77. The van der Waals surface area contributed by atoms with Gasteiger partial charge in [0.05, 0.1) is 11.4 Å². The number of hydrogen-bond acceptors (Lipinski definition) is 6. The van der Waals surface area contributed by atoms with E-state index in [1.807, 2.05) is 91.7 Å². The molecule has 6 nitrogen and oxygen atoms in total. The van der Waals surface area contributed by atoms with E-state index >= 15 is 0 Å². The molecule has 4 rings (SSSR count). The number of nitrogens with zero attached hydrogens (tertiary/aromatic N) is 3. The molecule has 0 spiro atoms. The number of hydrazine groups is 1. The number of benzene rings is 3. The van der Waals surface area contributed by atoms with Crippen molar-refractivity contribution in [2.45, 2.75) is 13.8 Å². The normalized spacial score (nSPS) is 10.5. The molecule has 0 aliphatic heterocycles. The van der Waals surface area contributed by atoms with E-state index < -0.39 is 0 Å². The van der Waals surface area contributed by atoms with E-state index in [1.54, 1.807) is 0 Å². The van der Waals surface area contributed by atoms with Gasteiger partial charge in [0.1, 0.15) is 17.8 Å². The second-order valence-corrected chi connectivity index (χ2v) is 7.41. The number of aromatic nitrogens is 2. The minimum atomic E-state index is 0.264. The number of nitrogen functional groups attached to an aromatic ring is 1. The van der Waals surface area contributed by atoms with Gasteiger partial charge in [-0.15, -0.1) is 0 Å². The highest BCUT2D eigenvalue weighted by molar-refractivity contribution is 6.32. The number of nitrogens with one attached hydrogen (secondary N) is 1. The Labute approximate surface area is 186 Å². The maximum atomic E-state index is 6.38. The zero-order valence-electron chi connectivity index (χ0n) is 17.2. The summed E-state index contributed by atoms with van der Waals surface area (Å²) in [6.45, 7) is 3.85. The molecule has 0 radical (unpaired) electrons. The summed E-state index contributed by atoms with van der Waals surface area (Å²) in [6.07, 6.45) is 1.41. The van der Waals surface area contributed by atoms with Crippen molar-refractivity contribution in [1.29, 1.82) is 0 Å². The summed E-state index contributed by atoms with van der Waals surface area (Å²) in [5.74, 6) is 1.30. The van der Waals surface area contributed by atoms with E-state index in [0.717, 1.165) is 22.5 Å². The summed E-state index contributed by atoms with van der Waals surface area (Å²) in [7, 11) is 0. The predicted octanol–water partition coefficient (Wildman–Crippen LogP) is 6.29. The number of halogens is 1. The Morgan fingerprint density at radius 1 is 0.871 bits per heavy atom.